The van der Waals surface area contributed by atoms with Gasteiger partial charge in [-0.3, -0.25) is 4.79 Å². The molecule has 2 aliphatic rings. The number of likely N-dealkylation sites (tertiary alicyclic amines) is 1. The first-order valence-electron chi connectivity index (χ1n) is 10.1. The van der Waals surface area contributed by atoms with Crippen molar-refractivity contribution >= 4 is 27.3 Å². The van der Waals surface area contributed by atoms with Gasteiger partial charge >= 0.3 is 0 Å². The van der Waals surface area contributed by atoms with E-state index in [0.717, 1.165) is 24.8 Å². The molecule has 30 heavy (non-hydrogen) atoms. The third kappa shape index (κ3) is 4.59. The standard InChI is InChI=1S/C21H25FN2O4S2/c22-18-3-1-2-17(15-18)14-16-4-7-23(8-5-16)21(25)20-19(6-13-29-20)30(26,27)24-9-11-28-12-10-24/h1-3,6,13,15-16H,4-5,7-12,14H2. The summed E-state index contributed by atoms with van der Waals surface area (Å²) in [7, 11) is -3.71. The number of carbonyl (C=O) groups excluding carboxylic acids is 1. The van der Waals surface area contributed by atoms with Gasteiger partial charge in [0.15, 0.2) is 0 Å². The SMILES string of the molecule is O=C(c1sccc1S(=O)(=O)N1CCOCC1)N1CCC(Cc2cccc(F)c2)CC1. The van der Waals surface area contributed by atoms with Crippen LogP contribution in [0.5, 0.6) is 0 Å². The summed E-state index contributed by atoms with van der Waals surface area (Å²) >= 11 is 1.18. The second-order valence-electron chi connectivity index (χ2n) is 7.70. The van der Waals surface area contributed by atoms with Crippen LogP contribution in [0, 0.1) is 11.7 Å². The second kappa shape index (κ2) is 9.13. The van der Waals surface area contributed by atoms with Gasteiger partial charge in [0.2, 0.25) is 10.0 Å². The van der Waals surface area contributed by atoms with Gasteiger partial charge in [-0.2, -0.15) is 4.31 Å². The Morgan fingerprint density at radius 3 is 2.57 bits per heavy atom. The Morgan fingerprint density at radius 2 is 1.87 bits per heavy atom. The number of piperidine rings is 1. The quantitative estimate of drug-likeness (QED) is 0.700. The van der Waals surface area contributed by atoms with Gasteiger partial charge in [-0.1, -0.05) is 12.1 Å². The molecule has 6 nitrogen and oxygen atoms in total. The molecular formula is C21H25FN2O4S2. The Morgan fingerprint density at radius 1 is 1.13 bits per heavy atom. The van der Waals surface area contributed by atoms with Gasteiger partial charge in [0.05, 0.1) is 13.2 Å². The third-order valence-corrected chi connectivity index (χ3v) is 8.70. The number of sulfonamides is 1. The van der Waals surface area contributed by atoms with Gasteiger partial charge in [0, 0.05) is 26.2 Å². The summed E-state index contributed by atoms with van der Waals surface area (Å²) in [5, 5.41) is 1.66. The highest BCUT2D eigenvalue weighted by atomic mass is 32.2. The highest BCUT2D eigenvalue weighted by molar-refractivity contribution is 7.89. The largest absolute Gasteiger partial charge is 0.379 e. The van der Waals surface area contributed by atoms with Crippen LogP contribution in [0.2, 0.25) is 0 Å². The Kier molecular flexibility index (Phi) is 6.52. The van der Waals surface area contributed by atoms with Gasteiger partial charge in [-0.25, -0.2) is 12.8 Å². The van der Waals surface area contributed by atoms with Crippen molar-refractivity contribution in [1.82, 2.24) is 9.21 Å². The lowest BCUT2D eigenvalue weighted by atomic mass is 9.90. The lowest BCUT2D eigenvalue weighted by Crippen LogP contribution is -2.42. The van der Waals surface area contributed by atoms with Crippen molar-refractivity contribution in [2.75, 3.05) is 39.4 Å². The second-order valence-corrected chi connectivity index (χ2v) is 10.5. The molecule has 1 amide bonds. The van der Waals surface area contributed by atoms with Crippen molar-refractivity contribution in [3.63, 3.8) is 0 Å². The van der Waals surface area contributed by atoms with Crippen molar-refractivity contribution in [2.24, 2.45) is 5.92 Å². The summed E-state index contributed by atoms with van der Waals surface area (Å²) in [5.74, 6) is -0.0661. The number of amides is 1. The zero-order chi connectivity index (χ0) is 21.1. The molecule has 0 bridgehead atoms. The molecule has 0 aliphatic carbocycles. The van der Waals surface area contributed by atoms with Crippen LogP contribution in [0.1, 0.15) is 28.1 Å². The number of carbonyl (C=O) groups is 1. The molecule has 1 aromatic heterocycles. The predicted octanol–water partition coefficient (Wildman–Crippen LogP) is 3.00. The number of ether oxygens (including phenoxy) is 1. The number of hydrogen-bond donors (Lipinski definition) is 0. The molecule has 1 aromatic carbocycles. The zero-order valence-corrected chi connectivity index (χ0v) is 18.3. The molecule has 2 fully saturated rings. The molecule has 0 radical (unpaired) electrons. The lowest BCUT2D eigenvalue weighted by molar-refractivity contribution is 0.0688. The van der Waals surface area contributed by atoms with E-state index in [-0.39, 0.29) is 21.5 Å². The van der Waals surface area contributed by atoms with Crippen molar-refractivity contribution in [2.45, 2.75) is 24.2 Å². The molecule has 2 aliphatic heterocycles. The van der Waals surface area contributed by atoms with E-state index < -0.39 is 10.0 Å². The maximum Gasteiger partial charge on any atom is 0.265 e. The van der Waals surface area contributed by atoms with E-state index in [0.29, 0.717) is 45.3 Å². The molecular weight excluding hydrogens is 427 g/mol. The fourth-order valence-electron chi connectivity index (χ4n) is 4.06. The van der Waals surface area contributed by atoms with E-state index in [1.54, 1.807) is 22.4 Å². The van der Waals surface area contributed by atoms with Gasteiger partial charge < -0.3 is 9.64 Å². The van der Waals surface area contributed by atoms with Crippen molar-refractivity contribution in [1.29, 1.82) is 0 Å². The predicted molar refractivity (Wildman–Crippen MR) is 113 cm³/mol. The molecule has 0 saturated carbocycles. The summed E-state index contributed by atoms with van der Waals surface area (Å²) in [4.78, 5) is 15.2. The number of halogens is 1. The number of thiophene rings is 1. The molecule has 3 heterocycles. The van der Waals surface area contributed by atoms with Crippen molar-refractivity contribution in [3.05, 3.63) is 52.0 Å². The minimum absolute atomic E-state index is 0.0984. The average Bonchev–Trinajstić information content (AvgIpc) is 3.25. The maximum atomic E-state index is 13.4. The van der Waals surface area contributed by atoms with Gasteiger partial charge in [-0.15, -0.1) is 11.3 Å². The number of nitrogens with zero attached hydrogens (tertiary/aromatic N) is 2. The minimum atomic E-state index is -3.71. The first-order chi connectivity index (χ1) is 14.4. The molecule has 2 saturated heterocycles. The van der Waals surface area contributed by atoms with Crippen molar-refractivity contribution in [3.8, 4) is 0 Å². The van der Waals surface area contributed by atoms with E-state index in [1.807, 2.05) is 6.07 Å². The van der Waals surface area contributed by atoms with Gasteiger partial charge in [0.1, 0.15) is 15.6 Å². The zero-order valence-electron chi connectivity index (χ0n) is 16.6. The summed E-state index contributed by atoms with van der Waals surface area (Å²) in [5.41, 5.74) is 0.969. The number of morpholine rings is 1. The van der Waals surface area contributed by atoms with Crippen LogP contribution in [0.15, 0.2) is 40.6 Å². The van der Waals surface area contributed by atoms with Crippen molar-refractivity contribution < 1.29 is 22.3 Å². The smallest absolute Gasteiger partial charge is 0.265 e. The number of benzene rings is 1. The minimum Gasteiger partial charge on any atom is -0.379 e. The summed E-state index contributed by atoms with van der Waals surface area (Å²) in [6.45, 7) is 2.49. The Balaban J connectivity index is 1.41. The van der Waals surface area contributed by atoms with Crippen LogP contribution in [0.3, 0.4) is 0 Å². The molecule has 162 valence electrons. The number of rotatable bonds is 5. The molecule has 9 heteroatoms. The highest BCUT2D eigenvalue weighted by Gasteiger charge is 2.33. The normalized spacial score (nSPS) is 19.2. The van der Waals surface area contributed by atoms with Crippen LogP contribution in [0.25, 0.3) is 0 Å². The van der Waals surface area contributed by atoms with E-state index >= 15 is 0 Å². The van der Waals surface area contributed by atoms with Crippen LogP contribution in [-0.2, 0) is 21.2 Å². The van der Waals surface area contributed by atoms with Crippen LogP contribution >= 0.6 is 11.3 Å². The highest BCUT2D eigenvalue weighted by Crippen LogP contribution is 2.29. The molecule has 2 aromatic rings. The fraction of sp³-hybridized carbons (Fsp3) is 0.476. The number of hydrogen-bond acceptors (Lipinski definition) is 5. The monoisotopic (exact) mass is 452 g/mol. The Bertz CT molecular complexity index is 994. The molecule has 0 spiro atoms. The topological polar surface area (TPSA) is 66.9 Å². The lowest BCUT2D eigenvalue weighted by Gasteiger charge is -2.32. The van der Waals surface area contributed by atoms with Crippen LogP contribution in [0.4, 0.5) is 4.39 Å². The molecule has 0 atom stereocenters. The van der Waals surface area contributed by atoms with E-state index in [2.05, 4.69) is 0 Å². The van der Waals surface area contributed by atoms with E-state index in [1.165, 1.54) is 27.8 Å². The maximum absolute atomic E-state index is 13.4. The average molecular weight is 453 g/mol. The van der Waals surface area contributed by atoms with Gasteiger partial charge in [-0.05, 0) is 54.3 Å². The molecule has 0 unspecified atom stereocenters. The Labute approximate surface area is 180 Å². The first kappa shape index (κ1) is 21.4. The Hall–Kier alpha value is -1.81. The third-order valence-electron chi connectivity index (χ3n) is 5.73. The van der Waals surface area contributed by atoms with Crippen LogP contribution < -0.4 is 0 Å². The summed E-state index contributed by atoms with van der Waals surface area (Å²) < 4.78 is 46.1. The summed E-state index contributed by atoms with van der Waals surface area (Å²) in [6, 6.07) is 8.17. The first-order valence-corrected chi connectivity index (χ1v) is 12.5. The summed E-state index contributed by atoms with van der Waals surface area (Å²) in [6.07, 6.45) is 2.42. The van der Waals surface area contributed by atoms with Gasteiger partial charge in [0.25, 0.3) is 5.91 Å². The van der Waals surface area contributed by atoms with Crippen LogP contribution in [-0.4, -0.2) is 62.9 Å². The molecule has 4 rings (SSSR count). The van der Waals surface area contributed by atoms with E-state index in [9.17, 15) is 17.6 Å². The fourth-order valence-corrected chi connectivity index (χ4v) is 6.83. The van der Waals surface area contributed by atoms with E-state index in [4.69, 9.17) is 4.74 Å². The molecule has 0 N–H and O–H groups in total.